The van der Waals surface area contributed by atoms with Gasteiger partial charge in [0.2, 0.25) is 5.95 Å². The lowest BCUT2D eigenvalue weighted by Crippen LogP contribution is -2.54. The number of hydrogen-bond acceptors (Lipinski definition) is 3. The van der Waals surface area contributed by atoms with E-state index in [0.29, 0.717) is 19.5 Å². The highest BCUT2D eigenvalue weighted by molar-refractivity contribution is 5.92. The molecule has 1 N–H and O–H groups in total. The van der Waals surface area contributed by atoms with Gasteiger partial charge < -0.3 is 10.0 Å². The number of piperidine rings is 1. The van der Waals surface area contributed by atoms with Crippen molar-refractivity contribution in [3.63, 3.8) is 0 Å². The molecule has 20 heavy (non-hydrogen) atoms. The number of carbonyl (C=O) groups is 1. The number of aromatic nitrogens is 1. The van der Waals surface area contributed by atoms with Gasteiger partial charge in [0.25, 0.3) is 5.91 Å². The van der Waals surface area contributed by atoms with Crippen LogP contribution >= 0.6 is 0 Å². The zero-order valence-corrected chi connectivity index (χ0v) is 11.4. The van der Waals surface area contributed by atoms with E-state index < -0.39 is 11.5 Å². The maximum absolute atomic E-state index is 13.1. The largest absolute Gasteiger partial charge is 0.389 e. The highest BCUT2D eigenvalue weighted by Crippen LogP contribution is 2.39. The molecule has 0 aromatic carbocycles. The van der Waals surface area contributed by atoms with Crippen LogP contribution in [0.1, 0.15) is 42.6 Å². The molecule has 1 aromatic rings. The number of likely N-dealkylation sites (tertiary alicyclic amines) is 1. The van der Waals surface area contributed by atoms with Crippen LogP contribution < -0.4 is 0 Å². The van der Waals surface area contributed by atoms with Gasteiger partial charge in [-0.2, -0.15) is 4.39 Å². The van der Waals surface area contributed by atoms with Crippen molar-refractivity contribution in [1.82, 2.24) is 9.88 Å². The van der Waals surface area contributed by atoms with Gasteiger partial charge in [0, 0.05) is 19.0 Å². The normalized spacial score (nSPS) is 29.9. The lowest BCUT2D eigenvalue weighted by molar-refractivity contribution is -0.0886. The van der Waals surface area contributed by atoms with E-state index in [1.54, 1.807) is 4.90 Å². The first-order chi connectivity index (χ1) is 9.58. The van der Waals surface area contributed by atoms with Gasteiger partial charge in [-0.25, -0.2) is 4.98 Å². The highest BCUT2D eigenvalue weighted by atomic mass is 19.1. The fourth-order valence-electron chi connectivity index (χ4n) is 3.44. The zero-order valence-electron chi connectivity index (χ0n) is 11.4. The molecule has 2 fully saturated rings. The molecule has 1 saturated carbocycles. The molecule has 4 nitrogen and oxygen atoms in total. The third-order valence-corrected chi connectivity index (χ3v) is 4.65. The monoisotopic (exact) mass is 278 g/mol. The van der Waals surface area contributed by atoms with E-state index in [2.05, 4.69) is 4.98 Å². The first-order valence-electron chi connectivity index (χ1n) is 7.23. The van der Waals surface area contributed by atoms with Crippen LogP contribution in [0.25, 0.3) is 0 Å². The Morgan fingerprint density at radius 1 is 1.40 bits per heavy atom. The van der Waals surface area contributed by atoms with Gasteiger partial charge >= 0.3 is 0 Å². The fourth-order valence-corrected chi connectivity index (χ4v) is 3.44. The van der Waals surface area contributed by atoms with Crippen molar-refractivity contribution in [1.29, 1.82) is 0 Å². The molecule has 2 heterocycles. The van der Waals surface area contributed by atoms with Crippen molar-refractivity contribution in [2.45, 2.75) is 37.7 Å². The summed E-state index contributed by atoms with van der Waals surface area (Å²) < 4.78 is 13.1. The summed E-state index contributed by atoms with van der Waals surface area (Å²) in [5.74, 6) is -0.735. The smallest absolute Gasteiger partial charge is 0.272 e. The van der Waals surface area contributed by atoms with Crippen LogP contribution in [0.2, 0.25) is 0 Å². The Morgan fingerprint density at radius 3 is 3.05 bits per heavy atom. The van der Waals surface area contributed by atoms with Gasteiger partial charge in [-0.3, -0.25) is 4.79 Å². The molecule has 2 aliphatic rings. The van der Waals surface area contributed by atoms with Gasteiger partial charge in [0.1, 0.15) is 5.69 Å². The van der Waals surface area contributed by atoms with Crippen LogP contribution in [0.3, 0.4) is 0 Å². The Labute approximate surface area is 117 Å². The second kappa shape index (κ2) is 5.13. The lowest BCUT2D eigenvalue weighted by Gasteiger charge is -2.47. The molecule has 1 amide bonds. The van der Waals surface area contributed by atoms with Crippen LogP contribution in [0.5, 0.6) is 0 Å². The van der Waals surface area contributed by atoms with Gasteiger partial charge in [-0.05, 0) is 31.4 Å². The van der Waals surface area contributed by atoms with Gasteiger partial charge in [0.15, 0.2) is 0 Å². The summed E-state index contributed by atoms with van der Waals surface area (Å²) in [5.41, 5.74) is -0.462. The fraction of sp³-hybridized carbons (Fsp3) is 0.600. The van der Waals surface area contributed by atoms with E-state index in [-0.39, 0.29) is 17.5 Å². The number of nitrogens with zero attached hydrogens (tertiary/aromatic N) is 2. The minimum atomic E-state index is -0.637. The Kier molecular flexibility index (Phi) is 3.46. The average Bonchev–Trinajstić information content (AvgIpc) is 2.45. The zero-order chi connectivity index (χ0) is 14.2. The highest BCUT2D eigenvalue weighted by Gasteiger charge is 2.43. The minimum absolute atomic E-state index is 0.141. The second-order valence-corrected chi connectivity index (χ2v) is 5.89. The van der Waals surface area contributed by atoms with Crippen molar-refractivity contribution in [2.24, 2.45) is 5.92 Å². The van der Waals surface area contributed by atoms with Gasteiger partial charge in [-0.1, -0.05) is 18.9 Å². The van der Waals surface area contributed by atoms with Crippen LogP contribution in [-0.2, 0) is 0 Å². The topological polar surface area (TPSA) is 53.4 Å². The number of carbonyl (C=O) groups excluding carboxylic acids is 1. The Morgan fingerprint density at radius 2 is 2.25 bits per heavy atom. The van der Waals surface area contributed by atoms with E-state index in [1.807, 2.05) is 0 Å². The van der Waals surface area contributed by atoms with E-state index >= 15 is 0 Å². The molecule has 108 valence electrons. The number of aliphatic hydroxyl groups is 1. The number of pyridine rings is 1. The summed E-state index contributed by atoms with van der Waals surface area (Å²) in [6, 6.07) is 4.26. The average molecular weight is 278 g/mol. The molecule has 3 rings (SSSR count). The summed E-state index contributed by atoms with van der Waals surface area (Å²) in [7, 11) is 0. The Hall–Kier alpha value is -1.49. The van der Waals surface area contributed by atoms with Crippen molar-refractivity contribution >= 4 is 5.91 Å². The van der Waals surface area contributed by atoms with Crippen molar-refractivity contribution in [3.8, 4) is 0 Å². The summed E-state index contributed by atoms with van der Waals surface area (Å²) >= 11 is 0. The minimum Gasteiger partial charge on any atom is -0.389 e. The summed E-state index contributed by atoms with van der Waals surface area (Å²) in [6.07, 6.45) is 4.56. The molecule has 1 aliphatic heterocycles. The van der Waals surface area contributed by atoms with Crippen LogP contribution in [0.4, 0.5) is 4.39 Å². The summed E-state index contributed by atoms with van der Waals surface area (Å²) in [4.78, 5) is 17.7. The van der Waals surface area contributed by atoms with Gasteiger partial charge in [-0.15, -0.1) is 0 Å². The van der Waals surface area contributed by atoms with Crippen LogP contribution in [0, 0.1) is 11.9 Å². The van der Waals surface area contributed by atoms with Crippen molar-refractivity contribution < 1.29 is 14.3 Å². The van der Waals surface area contributed by atoms with Crippen LogP contribution in [-0.4, -0.2) is 39.6 Å². The van der Waals surface area contributed by atoms with E-state index in [4.69, 9.17) is 0 Å². The molecule has 5 heteroatoms. The molecule has 1 saturated heterocycles. The molecule has 0 radical (unpaired) electrons. The van der Waals surface area contributed by atoms with Crippen molar-refractivity contribution in [3.05, 3.63) is 29.8 Å². The Bertz CT molecular complexity index is 522. The number of rotatable bonds is 1. The number of halogens is 1. The van der Waals surface area contributed by atoms with Gasteiger partial charge in [0.05, 0.1) is 5.60 Å². The molecular weight excluding hydrogens is 259 g/mol. The summed E-state index contributed by atoms with van der Waals surface area (Å²) in [6.45, 7) is 1.07. The standard InChI is InChI=1S/C15H19FN2O2/c16-13-6-3-5-12(17-13)14(19)18-9-8-15(20)7-2-1-4-11(15)10-18/h3,5-6,11,20H,1-2,4,7-10H2. The van der Waals surface area contributed by atoms with Crippen molar-refractivity contribution in [2.75, 3.05) is 13.1 Å². The lowest BCUT2D eigenvalue weighted by atomic mass is 9.71. The predicted molar refractivity (Wildman–Crippen MR) is 71.6 cm³/mol. The number of amides is 1. The first kappa shape index (κ1) is 13.5. The molecule has 2 atom stereocenters. The second-order valence-electron chi connectivity index (χ2n) is 5.89. The third kappa shape index (κ3) is 2.42. The maximum Gasteiger partial charge on any atom is 0.272 e. The molecule has 2 unspecified atom stereocenters. The molecule has 1 aliphatic carbocycles. The summed E-state index contributed by atoms with van der Waals surface area (Å²) in [5, 5.41) is 10.6. The van der Waals surface area contributed by atoms with E-state index in [1.165, 1.54) is 18.2 Å². The quantitative estimate of drug-likeness (QED) is 0.799. The molecule has 0 bridgehead atoms. The SMILES string of the molecule is O=C(c1cccc(F)n1)N1CCC2(O)CCCCC2C1. The maximum atomic E-state index is 13.1. The molecule has 0 spiro atoms. The van der Waals surface area contributed by atoms with E-state index in [0.717, 1.165) is 25.7 Å². The number of fused-ring (bicyclic) bond motifs is 1. The Balaban J connectivity index is 1.74. The number of hydrogen-bond donors (Lipinski definition) is 1. The first-order valence-corrected chi connectivity index (χ1v) is 7.23. The van der Waals surface area contributed by atoms with Crippen LogP contribution in [0.15, 0.2) is 18.2 Å². The molecular formula is C15H19FN2O2. The van der Waals surface area contributed by atoms with E-state index in [9.17, 15) is 14.3 Å². The third-order valence-electron chi connectivity index (χ3n) is 4.65. The predicted octanol–water partition coefficient (Wildman–Crippen LogP) is 1.99. The molecule has 1 aromatic heterocycles.